The van der Waals surface area contributed by atoms with Gasteiger partial charge in [0.05, 0.1) is 11.6 Å². The van der Waals surface area contributed by atoms with Gasteiger partial charge in [0.1, 0.15) is 17.3 Å². The van der Waals surface area contributed by atoms with E-state index in [1.807, 2.05) is 0 Å². The van der Waals surface area contributed by atoms with Crippen LogP contribution in [0.4, 0.5) is 4.39 Å². The smallest absolute Gasteiger partial charge is 0.193 e. The average Bonchev–Trinajstić information content (AvgIpc) is 2.77. The van der Waals surface area contributed by atoms with Crippen molar-refractivity contribution in [3.8, 4) is 6.07 Å². The zero-order chi connectivity index (χ0) is 14.0. The minimum atomic E-state index is -1.29. The Kier molecular flexibility index (Phi) is 3.53. The van der Waals surface area contributed by atoms with Crippen molar-refractivity contribution in [3.05, 3.63) is 40.9 Å². The molecule has 0 aliphatic heterocycles. The average molecular weight is 280 g/mol. The molecule has 0 amide bonds. The maximum Gasteiger partial charge on any atom is 0.193 e. The number of rotatable bonds is 3. The molecule has 8 heteroatoms. The minimum absolute atomic E-state index is 0.117. The third-order valence-corrected chi connectivity index (χ3v) is 2.78. The molecule has 0 aliphatic rings. The number of ketones is 1. The van der Waals surface area contributed by atoms with Gasteiger partial charge in [0, 0.05) is 13.2 Å². The van der Waals surface area contributed by atoms with Crippen LogP contribution < -0.4 is 0 Å². The van der Waals surface area contributed by atoms with E-state index in [2.05, 4.69) is 15.1 Å². The van der Waals surface area contributed by atoms with E-state index in [0.717, 1.165) is 12.3 Å². The van der Waals surface area contributed by atoms with E-state index in [0.29, 0.717) is 0 Å². The molecular formula is C11H7ClFN5O. The first-order chi connectivity index (χ1) is 9.06. The molecule has 2 rings (SSSR count). The molecule has 1 atom stereocenters. The first-order valence-electron chi connectivity index (χ1n) is 5.14. The highest BCUT2D eigenvalue weighted by Gasteiger charge is 2.30. The lowest BCUT2D eigenvalue weighted by atomic mass is 9.99. The van der Waals surface area contributed by atoms with Crippen molar-refractivity contribution in [3.63, 3.8) is 0 Å². The Morgan fingerprint density at radius 2 is 2.32 bits per heavy atom. The summed E-state index contributed by atoms with van der Waals surface area (Å²) in [6, 6.07) is 2.78. The Bertz CT molecular complexity index is 658. The van der Waals surface area contributed by atoms with Crippen LogP contribution in [-0.2, 0) is 7.05 Å². The Balaban J connectivity index is 2.49. The number of hydrogen-bond donors (Lipinski definition) is 0. The van der Waals surface area contributed by atoms with Crippen molar-refractivity contribution in [2.75, 3.05) is 0 Å². The van der Waals surface area contributed by atoms with E-state index in [4.69, 9.17) is 16.9 Å². The summed E-state index contributed by atoms with van der Waals surface area (Å²) in [5.74, 6) is -2.79. The van der Waals surface area contributed by atoms with Crippen molar-refractivity contribution in [2.24, 2.45) is 7.05 Å². The molecule has 0 bridgehead atoms. The lowest BCUT2D eigenvalue weighted by Gasteiger charge is -2.08. The summed E-state index contributed by atoms with van der Waals surface area (Å²) in [6.45, 7) is 0. The predicted molar refractivity (Wildman–Crippen MR) is 62.9 cm³/mol. The molecule has 0 spiro atoms. The molecule has 2 aromatic heterocycles. The molecule has 19 heavy (non-hydrogen) atoms. The highest BCUT2D eigenvalue weighted by atomic mass is 35.5. The number of hydrogen-bond acceptors (Lipinski definition) is 5. The summed E-state index contributed by atoms with van der Waals surface area (Å²) in [5.41, 5.74) is -0.418. The first-order valence-corrected chi connectivity index (χ1v) is 5.51. The maximum atomic E-state index is 13.6. The highest BCUT2D eigenvalue weighted by Crippen LogP contribution is 2.24. The van der Waals surface area contributed by atoms with Crippen molar-refractivity contribution in [2.45, 2.75) is 5.92 Å². The zero-order valence-corrected chi connectivity index (χ0v) is 10.5. The molecule has 1 unspecified atom stereocenters. The lowest BCUT2D eigenvalue weighted by Crippen LogP contribution is -2.18. The fraction of sp³-hybridized carbons (Fsp3) is 0.182. The normalized spacial score (nSPS) is 11.9. The van der Waals surface area contributed by atoms with Gasteiger partial charge in [-0.3, -0.25) is 9.48 Å². The Morgan fingerprint density at radius 3 is 2.84 bits per heavy atom. The van der Waals surface area contributed by atoms with Gasteiger partial charge in [0.2, 0.25) is 0 Å². The third kappa shape index (κ3) is 2.30. The summed E-state index contributed by atoms with van der Waals surface area (Å²) >= 11 is 5.70. The number of aromatic nitrogens is 4. The molecule has 0 saturated carbocycles. The Morgan fingerprint density at radius 1 is 1.58 bits per heavy atom. The SMILES string of the molecule is Cn1ncnc1C(C#N)C(=O)c1c(F)ccnc1Cl. The second-order valence-electron chi connectivity index (χ2n) is 3.63. The van der Waals surface area contributed by atoms with E-state index in [9.17, 15) is 9.18 Å². The van der Waals surface area contributed by atoms with Gasteiger partial charge in [-0.15, -0.1) is 0 Å². The Labute approximate surface area is 112 Å². The summed E-state index contributed by atoms with van der Waals surface area (Å²) in [6.07, 6.45) is 2.34. The van der Waals surface area contributed by atoms with Crippen LogP contribution >= 0.6 is 11.6 Å². The van der Waals surface area contributed by atoms with Crippen molar-refractivity contribution >= 4 is 17.4 Å². The number of Topliss-reactive ketones (excluding diaryl/α,β-unsaturated/α-hetero) is 1. The second kappa shape index (κ2) is 5.12. The Hall–Kier alpha value is -2.33. The quantitative estimate of drug-likeness (QED) is 0.628. The van der Waals surface area contributed by atoms with E-state index < -0.39 is 23.1 Å². The number of carbonyl (C=O) groups excluding carboxylic acids is 1. The fourth-order valence-corrected chi connectivity index (χ4v) is 1.82. The summed E-state index contributed by atoms with van der Waals surface area (Å²) < 4.78 is 14.9. The molecule has 0 fully saturated rings. The number of nitrogens with zero attached hydrogens (tertiary/aromatic N) is 5. The van der Waals surface area contributed by atoms with Crippen LogP contribution in [0, 0.1) is 17.1 Å². The number of nitriles is 1. The number of carbonyl (C=O) groups is 1. The van der Waals surface area contributed by atoms with Gasteiger partial charge >= 0.3 is 0 Å². The van der Waals surface area contributed by atoms with Crippen LogP contribution in [0.5, 0.6) is 0 Å². The van der Waals surface area contributed by atoms with Crippen molar-refractivity contribution in [1.82, 2.24) is 19.7 Å². The van der Waals surface area contributed by atoms with Gasteiger partial charge in [-0.25, -0.2) is 14.4 Å². The van der Waals surface area contributed by atoms with Crippen LogP contribution in [0.2, 0.25) is 5.15 Å². The van der Waals surface area contributed by atoms with Crippen LogP contribution in [0.25, 0.3) is 0 Å². The molecule has 0 N–H and O–H groups in total. The fourth-order valence-electron chi connectivity index (χ4n) is 1.58. The topological polar surface area (TPSA) is 84.5 Å². The number of halogens is 2. The van der Waals surface area contributed by atoms with Gasteiger partial charge < -0.3 is 0 Å². The van der Waals surface area contributed by atoms with Crippen molar-refractivity contribution in [1.29, 1.82) is 5.26 Å². The van der Waals surface area contributed by atoms with E-state index >= 15 is 0 Å². The van der Waals surface area contributed by atoms with Gasteiger partial charge in [0.25, 0.3) is 0 Å². The molecule has 0 saturated heterocycles. The minimum Gasteiger partial charge on any atom is -0.292 e. The largest absolute Gasteiger partial charge is 0.292 e. The van der Waals surface area contributed by atoms with Gasteiger partial charge in [-0.1, -0.05) is 11.6 Å². The molecule has 6 nitrogen and oxygen atoms in total. The standard InChI is InChI=1S/C11H7ClFN5O/c1-18-11(16-5-17-18)6(4-14)9(19)8-7(13)2-3-15-10(8)12/h2-3,5-6H,1H3. The summed E-state index contributed by atoms with van der Waals surface area (Å²) in [5, 5.41) is 12.6. The van der Waals surface area contributed by atoms with Crippen LogP contribution in [0.3, 0.4) is 0 Å². The maximum absolute atomic E-state index is 13.6. The van der Waals surface area contributed by atoms with Crippen LogP contribution in [0.1, 0.15) is 22.1 Å². The molecular weight excluding hydrogens is 273 g/mol. The molecule has 2 aromatic rings. The van der Waals surface area contributed by atoms with E-state index in [1.165, 1.54) is 18.1 Å². The first kappa shape index (κ1) is 13.1. The number of aryl methyl sites for hydroxylation is 1. The molecule has 2 heterocycles. The third-order valence-electron chi connectivity index (χ3n) is 2.50. The summed E-state index contributed by atoms with van der Waals surface area (Å²) in [4.78, 5) is 19.6. The van der Waals surface area contributed by atoms with Crippen LogP contribution in [-0.4, -0.2) is 25.5 Å². The monoisotopic (exact) mass is 279 g/mol. The van der Waals surface area contributed by atoms with E-state index in [1.54, 1.807) is 6.07 Å². The predicted octanol–water partition coefficient (Wildman–Crippen LogP) is 1.49. The molecule has 0 radical (unpaired) electrons. The lowest BCUT2D eigenvalue weighted by molar-refractivity contribution is 0.0970. The molecule has 96 valence electrons. The molecule has 0 aromatic carbocycles. The van der Waals surface area contributed by atoms with Gasteiger partial charge in [0.15, 0.2) is 17.5 Å². The van der Waals surface area contributed by atoms with Gasteiger partial charge in [-0.05, 0) is 6.07 Å². The van der Waals surface area contributed by atoms with Gasteiger partial charge in [-0.2, -0.15) is 10.4 Å². The zero-order valence-electron chi connectivity index (χ0n) is 9.71. The van der Waals surface area contributed by atoms with Crippen LogP contribution in [0.15, 0.2) is 18.6 Å². The van der Waals surface area contributed by atoms with E-state index in [-0.39, 0.29) is 11.0 Å². The van der Waals surface area contributed by atoms with Crippen molar-refractivity contribution < 1.29 is 9.18 Å². The number of pyridine rings is 1. The summed E-state index contributed by atoms with van der Waals surface area (Å²) in [7, 11) is 1.53. The molecule has 0 aliphatic carbocycles. The highest BCUT2D eigenvalue weighted by molar-refractivity contribution is 6.33. The second-order valence-corrected chi connectivity index (χ2v) is 3.98.